The van der Waals surface area contributed by atoms with Crippen molar-refractivity contribution in [3.8, 4) is 0 Å². The van der Waals surface area contributed by atoms with Gasteiger partial charge in [0.25, 0.3) is 0 Å². The van der Waals surface area contributed by atoms with Crippen molar-refractivity contribution >= 4 is 11.1 Å². The van der Waals surface area contributed by atoms with Crippen molar-refractivity contribution in [1.82, 2.24) is 4.98 Å². The number of fused-ring (bicyclic) bond motifs is 1. The summed E-state index contributed by atoms with van der Waals surface area (Å²) >= 11 is 0. The summed E-state index contributed by atoms with van der Waals surface area (Å²) in [4.78, 5) is 3.02. The topological polar surface area (TPSA) is 49.2 Å². The Morgan fingerprint density at radius 3 is 3.18 bits per heavy atom. The van der Waals surface area contributed by atoms with E-state index in [0.717, 1.165) is 16.9 Å². The van der Waals surface area contributed by atoms with E-state index in [-0.39, 0.29) is 6.61 Å². The molecule has 11 heavy (non-hydrogen) atoms. The third kappa shape index (κ3) is 1.03. The van der Waals surface area contributed by atoms with E-state index >= 15 is 0 Å². The summed E-state index contributed by atoms with van der Waals surface area (Å²) in [6, 6.07) is 3.78. The minimum atomic E-state index is 0.135. The zero-order chi connectivity index (χ0) is 7.68. The fraction of sp³-hybridized carbons (Fsp3) is 0.250. The van der Waals surface area contributed by atoms with E-state index in [1.54, 1.807) is 0 Å². The van der Waals surface area contributed by atoms with Gasteiger partial charge in [0.2, 0.25) is 0 Å². The number of hydrogen-bond donors (Lipinski definition) is 2. The van der Waals surface area contributed by atoms with Crippen molar-refractivity contribution in [3.63, 3.8) is 0 Å². The van der Waals surface area contributed by atoms with Crippen molar-refractivity contribution in [1.29, 1.82) is 0 Å². The molecule has 0 aromatic carbocycles. The molecule has 0 spiro atoms. The van der Waals surface area contributed by atoms with E-state index < -0.39 is 0 Å². The molecule has 0 fully saturated rings. The van der Waals surface area contributed by atoms with Gasteiger partial charge >= 0.3 is 0 Å². The van der Waals surface area contributed by atoms with Crippen molar-refractivity contribution in [2.45, 2.75) is 6.42 Å². The van der Waals surface area contributed by atoms with E-state index in [0.29, 0.717) is 6.42 Å². The largest absolute Gasteiger partial charge is 0.459 e. The van der Waals surface area contributed by atoms with Gasteiger partial charge in [-0.15, -0.1) is 0 Å². The fourth-order valence-electron chi connectivity index (χ4n) is 1.13. The predicted molar refractivity (Wildman–Crippen MR) is 41.4 cm³/mol. The molecule has 2 N–H and O–H groups in total. The normalized spacial score (nSPS) is 11.0. The second kappa shape index (κ2) is 2.43. The zero-order valence-corrected chi connectivity index (χ0v) is 6.00. The highest BCUT2D eigenvalue weighted by Gasteiger charge is 2.02. The number of aromatic amines is 1. The van der Waals surface area contributed by atoms with Gasteiger partial charge in [-0.3, -0.25) is 0 Å². The molecule has 0 saturated carbocycles. The van der Waals surface area contributed by atoms with Gasteiger partial charge in [0, 0.05) is 18.7 Å². The summed E-state index contributed by atoms with van der Waals surface area (Å²) in [6.45, 7) is 0.135. The van der Waals surface area contributed by atoms with Crippen LogP contribution < -0.4 is 0 Å². The van der Waals surface area contributed by atoms with Crippen molar-refractivity contribution in [3.05, 3.63) is 24.1 Å². The first kappa shape index (κ1) is 6.49. The van der Waals surface area contributed by atoms with Crippen LogP contribution in [0.15, 0.2) is 22.7 Å². The Hall–Kier alpha value is -1.22. The van der Waals surface area contributed by atoms with Gasteiger partial charge in [0.1, 0.15) is 5.76 Å². The van der Waals surface area contributed by atoms with Gasteiger partial charge in [0.15, 0.2) is 5.58 Å². The lowest BCUT2D eigenvalue weighted by molar-refractivity contribution is 0.289. The summed E-state index contributed by atoms with van der Waals surface area (Å²) in [5, 5.41) is 8.61. The Kier molecular flexibility index (Phi) is 1.43. The molecule has 0 radical (unpaired) electrons. The van der Waals surface area contributed by atoms with E-state index in [4.69, 9.17) is 9.52 Å². The molecule has 0 aliphatic rings. The van der Waals surface area contributed by atoms with E-state index in [2.05, 4.69) is 4.98 Å². The molecule has 0 aliphatic carbocycles. The highest BCUT2D eigenvalue weighted by atomic mass is 16.3. The Balaban J connectivity index is 2.42. The highest BCUT2D eigenvalue weighted by Crippen LogP contribution is 2.17. The third-order valence-corrected chi connectivity index (χ3v) is 1.64. The molecule has 0 atom stereocenters. The average Bonchev–Trinajstić information content (AvgIpc) is 2.46. The zero-order valence-electron chi connectivity index (χ0n) is 6.00. The monoisotopic (exact) mass is 151 g/mol. The summed E-state index contributed by atoms with van der Waals surface area (Å²) in [5.41, 5.74) is 1.85. The lowest BCUT2D eigenvalue weighted by Crippen LogP contribution is -1.86. The fourth-order valence-corrected chi connectivity index (χ4v) is 1.13. The van der Waals surface area contributed by atoms with Crippen LogP contribution in [0.25, 0.3) is 11.1 Å². The first-order valence-electron chi connectivity index (χ1n) is 3.57. The maximum atomic E-state index is 8.61. The number of aromatic nitrogens is 1. The molecule has 2 aromatic rings. The summed E-state index contributed by atoms with van der Waals surface area (Å²) in [5.74, 6) is 0.828. The molecule has 3 heteroatoms. The number of furan rings is 1. The number of hydrogen-bond acceptors (Lipinski definition) is 2. The number of rotatable bonds is 2. The maximum Gasteiger partial charge on any atom is 0.151 e. The second-order valence-electron chi connectivity index (χ2n) is 2.44. The molecular formula is C8H9NO2. The Morgan fingerprint density at radius 2 is 2.45 bits per heavy atom. The number of nitrogens with one attached hydrogen (secondary N) is 1. The van der Waals surface area contributed by atoms with Gasteiger partial charge in [-0.1, -0.05) is 0 Å². The molecule has 0 amide bonds. The number of H-pyrrole nitrogens is 1. The maximum absolute atomic E-state index is 8.61. The SMILES string of the molecule is OCCc1cc2[nH]ccc2o1. The van der Waals surface area contributed by atoms with E-state index in [1.165, 1.54) is 0 Å². The van der Waals surface area contributed by atoms with Crippen LogP contribution in [-0.2, 0) is 6.42 Å². The molecule has 2 rings (SSSR count). The molecular weight excluding hydrogens is 142 g/mol. The average molecular weight is 151 g/mol. The summed E-state index contributed by atoms with van der Waals surface area (Å²) in [6.07, 6.45) is 2.42. The van der Waals surface area contributed by atoms with Crippen molar-refractivity contribution in [2.75, 3.05) is 6.61 Å². The van der Waals surface area contributed by atoms with Gasteiger partial charge < -0.3 is 14.5 Å². The van der Waals surface area contributed by atoms with Crippen LogP contribution in [0, 0.1) is 0 Å². The predicted octanol–water partition coefficient (Wildman–Crippen LogP) is 1.30. The van der Waals surface area contributed by atoms with Crippen LogP contribution in [0.4, 0.5) is 0 Å². The lowest BCUT2D eigenvalue weighted by Gasteiger charge is -1.86. The van der Waals surface area contributed by atoms with Crippen LogP contribution in [0.1, 0.15) is 5.76 Å². The first-order chi connectivity index (χ1) is 5.40. The standard InChI is InChI=1S/C8H9NO2/c10-4-2-6-5-7-8(11-6)1-3-9-7/h1,3,5,9-10H,2,4H2. The van der Waals surface area contributed by atoms with E-state index in [1.807, 2.05) is 18.3 Å². The van der Waals surface area contributed by atoms with Crippen LogP contribution >= 0.6 is 0 Å². The minimum Gasteiger partial charge on any atom is -0.459 e. The molecule has 0 unspecified atom stereocenters. The van der Waals surface area contributed by atoms with Gasteiger partial charge in [-0.05, 0) is 6.07 Å². The second-order valence-corrected chi connectivity index (χ2v) is 2.44. The van der Waals surface area contributed by atoms with Gasteiger partial charge in [0.05, 0.1) is 12.1 Å². The Morgan fingerprint density at radius 1 is 1.55 bits per heavy atom. The lowest BCUT2D eigenvalue weighted by atomic mass is 10.3. The summed E-state index contributed by atoms with van der Waals surface area (Å²) < 4.78 is 5.36. The van der Waals surface area contributed by atoms with Crippen molar-refractivity contribution < 1.29 is 9.52 Å². The molecule has 2 aromatic heterocycles. The Labute approximate surface area is 63.6 Å². The minimum absolute atomic E-state index is 0.135. The van der Waals surface area contributed by atoms with Crippen LogP contribution in [-0.4, -0.2) is 16.7 Å². The summed E-state index contributed by atoms with van der Waals surface area (Å²) in [7, 11) is 0. The van der Waals surface area contributed by atoms with Crippen LogP contribution in [0.3, 0.4) is 0 Å². The molecule has 58 valence electrons. The molecule has 3 nitrogen and oxygen atoms in total. The van der Waals surface area contributed by atoms with Crippen LogP contribution in [0.2, 0.25) is 0 Å². The smallest absolute Gasteiger partial charge is 0.151 e. The third-order valence-electron chi connectivity index (χ3n) is 1.64. The van der Waals surface area contributed by atoms with Crippen molar-refractivity contribution in [2.24, 2.45) is 0 Å². The molecule has 2 heterocycles. The Bertz CT molecular complexity index is 319. The quantitative estimate of drug-likeness (QED) is 0.679. The number of aliphatic hydroxyl groups excluding tert-OH is 1. The first-order valence-corrected chi connectivity index (χ1v) is 3.57. The molecule has 0 saturated heterocycles. The molecule has 0 aliphatic heterocycles. The van der Waals surface area contributed by atoms with Gasteiger partial charge in [-0.25, -0.2) is 0 Å². The van der Waals surface area contributed by atoms with Crippen LogP contribution in [0.5, 0.6) is 0 Å². The number of aliphatic hydroxyl groups is 1. The van der Waals surface area contributed by atoms with Gasteiger partial charge in [-0.2, -0.15) is 0 Å². The van der Waals surface area contributed by atoms with E-state index in [9.17, 15) is 0 Å². The molecule has 0 bridgehead atoms. The highest BCUT2D eigenvalue weighted by molar-refractivity contribution is 5.73.